The van der Waals surface area contributed by atoms with Crippen LogP contribution < -0.4 is 10.6 Å². The molecule has 2 N–H and O–H groups in total. The topological polar surface area (TPSA) is 41.1 Å². The molecule has 122 valence electrons. The third kappa shape index (κ3) is 2.36. The summed E-state index contributed by atoms with van der Waals surface area (Å²) in [7, 11) is 0. The van der Waals surface area contributed by atoms with Crippen molar-refractivity contribution >= 4 is 6.03 Å². The van der Waals surface area contributed by atoms with Gasteiger partial charge in [-0.15, -0.1) is 0 Å². The number of urea groups is 1. The van der Waals surface area contributed by atoms with Crippen molar-refractivity contribution in [3.8, 4) is 0 Å². The average Bonchev–Trinajstić information content (AvgIpc) is 2.93. The van der Waals surface area contributed by atoms with E-state index in [4.69, 9.17) is 0 Å². The van der Waals surface area contributed by atoms with Crippen LogP contribution in [-0.4, -0.2) is 12.1 Å². The van der Waals surface area contributed by atoms with Crippen LogP contribution in [0.15, 0.2) is 24.3 Å². The molecule has 6 rings (SSSR count). The molecule has 5 aliphatic carbocycles. The van der Waals surface area contributed by atoms with Gasteiger partial charge in [-0.25, -0.2) is 4.79 Å². The first-order valence-electron chi connectivity index (χ1n) is 9.41. The second kappa shape index (κ2) is 5.25. The number of hydrogen-bond donors (Lipinski definition) is 2. The number of amides is 2. The minimum Gasteiger partial charge on any atom is -0.335 e. The molecule has 4 fully saturated rings. The van der Waals surface area contributed by atoms with E-state index >= 15 is 0 Å². The minimum atomic E-state index is 0.0594. The standard InChI is InChI=1S/C20H26N2O/c23-20(21-18-6-5-14-3-1-2-4-17(14)18)22-19-15-8-12-7-13(10-15)11-16(19)9-12/h1-4,12-13,15-16,18-19H,5-11H2,(H2,21,22,23)/t12?,13?,15?,16?,18-,19?/m1/s1. The summed E-state index contributed by atoms with van der Waals surface area (Å²) in [5.74, 6) is 3.40. The Hall–Kier alpha value is -1.51. The molecule has 4 bridgehead atoms. The second-order valence-electron chi connectivity index (χ2n) is 8.36. The predicted molar refractivity (Wildman–Crippen MR) is 90.0 cm³/mol. The van der Waals surface area contributed by atoms with Crippen LogP contribution in [-0.2, 0) is 6.42 Å². The van der Waals surface area contributed by atoms with Gasteiger partial charge in [0.25, 0.3) is 0 Å². The maximum atomic E-state index is 12.6. The fourth-order valence-corrected chi connectivity index (χ4v) is 6.22. The van der Waals surface area contributed by atoms with Crippen LogP contribution in [0.5, 0.6) is 0 Å². The van der Waals surface area contributed by atoms with E-state index in [2.05, 4.69) is 34.9 Å². The molecule has 3 heteroatoms. The monoisotopic (exact) mass is 310 g/mol. The van der Waals surface area contributed by atoms with Crippen LogP contribution >= 0.6 is 0 Å². The van der Waals surface area contributed by atoms with Gasteiger partial charge in [0.15, 0.2) is 0 Å². The Morgan fingerprint density at radius 2 is 1.61 bits per heavy atom. The van der Waals surface area contributed by atoms with Gasteiger partial charge >= 0.3 is 6.03 Å². The van der Waals surface area contributed by atoms with Crippen molar-refractivity contribution in [1.29, 1.82) is 0 Å². The highest BCUT2D eigenvalue weighted by Crippen LogP contribution is 2.53. The molecule has 1 aromatic carbocycles. The van der Waals surface area contributed by atoms with Crippen molar-refractivity contribution < 1.29 is 4.79 Å². The first kappa shape index (κ1) is 13.9. The largest absolute Gasteiger partial charge is 0.335 e. The van der Waals surface area contributed by atoms with Gasteiger partial charge in [0.1, 0.15) is 0 Å². The van der Waals surface area contributed by atoms with Crippen molar-refractivity contribution in [2.24, 2.45) is 23.7 Å². The molecule has 23 heavy (non-hydrogen) atoms. The summed E-state index contributed by atoms with van der Waals surface area (Å²) in [5.41, 5.74) is 2.71. The summed E-state index contributed by atoms with van der Waals surface area (Å²) in [4.78, 5) is 12.6. The minimum absolute atomic E-state index is 0.0594. The lowest BCUT2D eigenvalue weighted by molar-refractivity contribution is -0.00952. The Balaban J connectivity index is 1.25. The number of carbonyl (C=O) groups excluding carboxylic acids is 1. The van der Waals surface area contributed by atoms with Crippen molar-refractivity contribution in [2.75, 3.05) is 0 Å². The summed E-state index contributed by atoms with van der Waals surface area (Å²) >= 11 is 0. The maximum Gasteiger partial charge on any atom is 0.315 e. The van der Waals surface area contributed by atoms with Gasteiger partial charge in [-0.1, -0.05) is 24.3 Å². The lowest BCUT2D eigenvalue weighted by Crippen LogP contribution is -2.57. The van der Waals surface area contributed by atoms with Crippen LogP contribution in [0.4, 0.5) is 4.79 Å². The first-order valence-corrected chi connectivity index (χ1v) is 9.41. The first-order chi connectivity index (χ1) is 11.3. The van der Waals surface area contributed by atoms with Crippen LogP contribution in [0.2, 0.25) is 0 Å². The molecule has 0 unspecified atom stereocenters. The fraction of sp³-hybridized carbons (Fsp3) is 0.650. The molecule has 2 amide bonds. The zero-order valence-electron chi connectivity index (χ0n) is 13.6. The van der Waals surface area contributed by atoms with Gasteiger partial charge in [0.05, 0.1) is 6.04 Å². The summed E-state index contributed by atoms with van der Waals surface area (Å²) in [5, 5.41) is 6.61. The van der Waals surface area contributed by atoms with Gasteiger partial charge in [-0.3, -0.25) is 0 Å². The number of hydrogen-bond acceptors (Lipinski definition) is 1. The molecule has 0 aromatic heterocycles. The van der Waals surface area contributed by atoms with E-state index in [1.54, 1.807) is 0 Å². The van der Waals surface area contributed by atoms with Gasteiger partial charge in [0, 0.05) is 6.04 Å². The summed E-state index contributed by atoms with van der Waals surface area (Å²) in [6.07, 6.45) is 8.99. The van der Waals surface area contributed by atoms with Gasteiger partial charge in [-0.05, 0) is 79.7 Å². The van der Waals surface area contributed by atoms with Crippen molar-refractivity contribution in [2.45, 2.75) is 57.0 Å². The molecule has 4 saturated carbocycles. The Kier molecular flexibility index (Phi) is 3.17. The Bertz CT molecular complexity index is 598. The fourth-order valence-electron chi connectivity index (χ4n) is 6.22. The zero-order chi connectivity index (χ0) is 15.4. The highest BCUT2D eigenvalue weighted by molar-refractivity contribution is 5.75. The lowest BCUT2D eigenvalue weighted by Gasteiger charge is -2.54. The molecular weight excluding hydrogens is 284 g/mol. The quantitative estimate of drug-likeness (QED) is 0.857. The Morgan fingerprint density at radius 1 is 0.913 bits per heavy atom. The predicted octanol–water partition coefficient (Wildman–Crippen LogP) is 3.80. The third-order valence-corrected chi connectivity index (χ3v) is 6.96. The van der Waals surface area contributed by atoms with Crippen LogP contribution in [0.25, 0.3) is 0 Å². The number of carbonyl (C=O) groups is 1. The second-order valence-corrected chi connectivity index (χ2v) is 8.36. The molecular formula is C20H26N2O. The molecule has 0 radical (unpaired) electrons. The maximum absolute atomic E-state index is 12.6. The van der Waals surface area contributed by atoms with E-state index in [-0.39, 0.29) is 12.1 Å². The highest BCUT2D eigenvalue weighted by Gasteiger charge is 2.48. The van der Waals surface area contributed by atoms with Crippen LogP contribution in [0, 0.1) is 23.7 Å². The normalized spacial score (nSPS) is 40.0. The van der Waals surface area contributed by atoms with E-state index in [9.17, 15) is 4.79 Å². The molecule has 0 spiro atoms. The van der Waals surface area contributed by atoms with E-state index in [0.717, 1.165) is 36.5 Å². The van der Waals surface area contributed by atoms with Crippen LogP contribution in [0.3, 0.4) is 0 Å². The molecule has 1 aromatic rings. The van der Waals surface area contributed by atoms with Gasteiger partial charge in [-0.2, -0.15) is 0 Å². The van der Waals surface area contributed by atoms with E-state index < -0.39 is 0 Å². The van der Waals surface area contributed by atoms with Crippen molar-refractivity contribution in [3.63, 3.8) is 0 Å². The SMILES string of the molecule is O=C(NC1C2CC3CC(C2)CC1C3)N[C@@H]1CCc2ccccc21. The molecule has 0 aliphatic heterocycles. The molecule has 0 saturated heterocycles. The number of fused-ring (bicyclic) bond motifs is 1. The zero-order valence-corrected chi connectivity index (χ0v) is 13.6. The molecule has 1 atom stereocenters. The molecule has 5 aliphatic rings. The van der Waals surface area contributed by atoms with Crippen molar-refractivity contribution in [3.05, 3.63) is 35.4 Å². The Labute approximate surface area is 138 Å². The van der Waals surface area contributed by atoms with Gasteiger partial charge in [0.2, 0.25) is 0 Å². The van der Waals surface area contributed by atoms with E-state index in [1.165, 1.54) is 43.2 Å². The third-order valence-electron chi connectivity index (χ3n) is 6.96. The summed E-state index contributed by atoms with van der Waals surface area (Å²) < 4.78 is 0. The highest BCUT2D eigenvalue weighted by atomic mass is 16.2. The van der Waals surface area contributed by atoms with Crippen molar-refractivity contribution in [1.82, 2.24) is 10.6 Å². The smallest absolute Gasteiger partial charge is 0.315 e. The number of benzene rings is 1. The van der Waals surface area contributed by atoms with Gasteiger partial charge < -0.3 is 10.6 Å². The number of rotatable bonds is 2. The molecule has 3 nitrogen and oxygen atoms in total. The number of aryl methyl sites for hydroxylation is 1. The number of nitrogens with one attached hydrogen (secondary N) is 2. The Morgan fingerprint density at radius 3 is 2.35 bits per heavy atom. The van der Waals surface area contributed by atoms with E-state index in [1.807, 2.05) is 0 Å². The average molecular weight is 310 g/mol. The lowest BCUT2D eigenvalue weighted by atomic mass is 9.54. The van der Waals surface area contributed by atoms with E-state index in [0.29, 0.717) is 6.04 Å². The molecule has 0 heterocycles. The van der Waals surface area contributed by atoms with Crippen LogP contribution in [0.1, 0.15) is 55.7 Å². The summed E-state index contributed by atoms with van der Waals surface area (Å²) in [6, 6.07) is 9.21. The summed E-state index contributed by atoms with van der Waals surface area (Å²) in [6.45, 7) is 0.